The van der Waals surface area contributed by atoms with Crippen LogP contribution in [0.5, 0.6) is 0 Å². The number of rotatable bonds is 0. The van der Waals surface area contributed by atoms with Crippen LogP contribution in [0.2, 0.25) is 0 Å². The van der Waals surface area contributed by atoms with Crippen LogP contribution >= 0.6 is 0 Å². The van der Waals surface area contributed by atoms with Crippen LogP contribution in [-0.2, 0) is 0 Å². The third-order valence-electron chi connectivity index (χ3n) is 1.68. The molecule has 6 nitrogen and oxygen atoms in total. The molecule has 1 aromatic rings. The van der Waals surface area contributed by atoms with Crippen molar-refractivity contribution in [1.82, 2.24) is 25.6 Å². The van der Waals surface area contributed by atoms with Crippen LogP contribution in [0.25, 0.3) is 22.5 Å². The lowest BCUT2D eigenvalue weighted by molar-refractivity contribution is 0.442. The summed E-state index contributed by atoms with van der Waals surface area (Å²) in [5, 5.41) is 17.8. The molecule has 3 rings (SSSR count). The molecule has 0 amide bonds. The highest BCUT2D eigenvalue weighted by Crippen LogP contribution is 2.23. The van der Waals surface area contributed by atoms with Gasteiger partial charge in [-0.3, -0.25) is 5.10 Å². The van der Waals surface area contributed by atoms with Gasteiger partial charge in [-0.1, -0.05) is 5.16 Å². The Balaban J connectivity index is 2.61. The van der Waals surface area contributed by atoms with Gasteiger partial charge in [0.15, 0.2) is 0 Å². The van der Waals surface area contributed by atoms with Gasteiger partial charge in [0.05, 0.1) is 18.0 Å². The maximum absolute atomic E-state index is 4.98. The molecule has 0 saturated carbocycles. The zero-order valence-electron chi connectivity index (χ0n) is 5.85. The van der Waals surface area contributed by atoms with Gasteiger partial charge in [0.2, 0.25) is 11.4 Å². The highest BCUT2D eigenvalue weighted by molar-refractivity contribution is 5.87. The maximum Gasteiger partial charge on any atom is 0.224 e. The predicted octanol–water partition coefficient (Wildman–Crippen LogP) is 0.446. The summed E-state index contributed by atoms with van der Waals surface area (Å²) in [5.74, 6) is 0.492. The second kappa shape index (κ2) is 1.79. The molecule has 0 unspecified atom stereocenters. The molecule has 12 heavy (non-hydrogen) atoms. The van der Waals surface area contributed by atoms with Gasteiger partial charge in [-0.2, -0.15) is 10.2 Å². The Morgan fingerprint density at radius 1 is 1.33 bits per heavy atom. The summed E-state index contributed by atoms with van der Waals surface area (Å²) >= 11 is 0. The van der Waals surface area contributed by atoms with E-state index in [9.17, 15) is 0 Å². The minimum absolute atomic E-state index is 0.492. The van der Waals surface area contributed by atoms with E-state index in [1.807, 2.05) is 0 Å². The van der Waals surface area contributed by atoms with E-state index in [2.05, 4.69) is 25.6 Å². The van der Waals surface area contributed by atoms with Crippen LogP contribution in [0.3, 0.4) is 0 Å². The van der Waals surface area contributed by atoms with Crippen molar-refractivity contribution in [3.05, 3.63) is 12.4 Å². The van der Waals surface area contributed by atoms with Crippen LogP contribution < -0.4 is 0 Å². The molecule has 3 heterocycles. The molecular weight excluding hydrogens is 158 g/mol. The molecule has 6 heteroatoms. The Morgan fingerprint density at radius 3 is 3.33 bits per heavy atom. The number of fused-ring (bicyclic) bond motifs is 3. The first kappa shape index (κ1) is 5.64. The normalized spacial score (nSPS) is 11.3. The summed E-state index contributed by atoms with van der Waals surface area (Å²) in [5.41, 5.74) is 2.22. The van der Waals surface area contributed by atoms with Crippen molar-refractivity contribution in [2.45, 2.75) is 0 Å². The summed E-state index contributed by atoms with van der Waals surface area (Å²) < 4.78 is 4.98. The highest BCUT2D eigenvalue weighted by Gasteiger charge is 2.14. The van der Waals surface area contributed by atoms with Gasteiger partial charge in [-0.25, -0.2) is 0 Å². The van der Waals surface area contributed by atoms with Gasteiger partial charge in [-0.05, 0) is 0 Å². The Labute approximate surface area is 65.9 Å². The average Bonchev–Trinajstić information content (AvgIpc) is 2.71. The number of aromatic amines is 1. The third-order valence-corrected chi connectivity index (χ3v) is 1.68. The van der Waals surface area contributed by atoms with Crippen LogP contribution in [0, 0.1) is 0 Å². The third kappa shape index (κ3) is 0.541. The molecule has 0 aromatic carbocycles. The molecule has 0 spiro atoms. The number of nitrogens with one attached hydrogen (secondary N) is 1. The van der Waals surface area contributed by atoms with E-state index in [4.69, 9.17) is 4.52 Å². The maximum atomic E-state index is 4.98. The zero-order valence-corrected chi connectivity index (χ0v) is 5.85. The quantitative estimate of drug-likeness (QED) is 0.517. The first-order chi connectivity index (χ1) is 5.95. The minimum atomic E-state index is 0.492. The molecule has 0 atom stereocenters. The average molecular weight is 161 g/mol. The van der Waals surface area contributed by atoms with E-state index in [1.165, 1.54) is 0 Å². The van der Waals surface area contributed by atoms with E-state index >= 15 is 0 Å². The number of nitrogens with zero attached hydrogens (tertiary/aromatic N) is 4. The lowest BCUT2D eigenvalue weighted by Crippen LogP contribution is -1.83. The van der Waals surface area contributed by atoms with E-state index in [-0.39, 0.29) is 0 Å². The number of hydrogen-bond donors (Lipinski definition) is 1. The van der Waals surface area contributed by atoms with Gasteiger partial charge in [0.25, 0.3) is 0 Å². The zero-order chi connectivity index (χ0) is 7.97. The van der Waals surface area contributed by atoms with Crippen molar-refractivity contribution in [2.24, 2.45) is 0 Å². The van der Waals surface area contributed by atoms with E-state index in [0.29, 0.717) is 11.4 Å². The first-order valence-electron chi connectivity index (χ1n) is 3.35. The van der Waals surface area contributed by atoms with E-state index in [0.717, 1.165) is 11.1 Å². The Hall–Kier alpha value is -1.98. The van der Waals surface area contributed by atoms with Crippen molar-refractivity contribution < 1.29 is 4.52 Å². The molecule has 0 fully saturated rings. The molecule has 0 bridgehead atoms. The lowest BCUT2D eigenvalue weighted by Gasteiger charge is -1.91. The molecule has 0 aliphatic carbocycles. The summed E-state index contributed by atoms with van der Waals surface area (Å²) in [7, 11) is 0. The molecule has 0 radical (unpaired) electrons. The van der Waals surface area contributed by atoms with Crippen LogP contribution in [0.4, 0.5) is 0 Å². The van der Waals surface area contributed by atoms with Gasteiger partial charge in [-0.15, -0.1) is 5.10 Å². The fourth-order valence-electron chi connectivity index (χ4n) is 1.13. The fourth-order valence-corrected chi connectivity index (χ4v) is 1.13. The topological polar surface area (TPSA) is 80.5 Å². The molecule has 2 aliphatic rings. The highest BCUT2D eigenvalue weighted by atomic mass is 16.5. The van der Waals surface area contributed by atoms with Gasteiger partial charge in [0.1, 0.15) is 5.52 Å². The Kier molecular flexibility index (Phi) is 0.840. The molecule has 58 valence electrons. The second-order valence-electron chi connectivity index (χ2n) is 2.37. The summed E-state index contributed by atoms with van der Waals surface area (Å²) in [6.45, 7) is 0. The van der Waals surface area contributed by atoms with Gasteiger partial charge in [0, 0.05) is 0 Å². The second-order valence-corrected chi connectivity index (χ2v) is 2.37. The SMILES string of the molecule is c1nnc2noc3cn[nH]c3c1-2. The van der Waals surface area contributed by atoms with E-state index in [1.54, 1.807) is 12.4 Å². The van der Waals surface area contributed by atoms with Crippen molar-refractivity contribution in [3.8, 4) is 11.4 Å². The van der Waals surface area contributed by atoms with Crippen LogP contribution in [0.15, 0.2) is 16.9 Å². The summed E-state index contributed by atoms with van der Waals surface area (Å²) in [6, 6.07) is 0. The van der Waals surface area contributed by atoms with Crippen molar-refractivity contribution in [1.29, 1.82) is 0 Å². The minimum Gasteiger partial charge on any atom is -0.351 e. The summed E-state index contributed by atoms with van der Waals surface area (Å²) in [4.78, 5) is 0. The molecule has 1 aromatic heterocycles. The lowest BCUT2D eigenvalue weighted by atomic mass is 10.3. The largest absolute Gasteiger partial charge is 0.351 e. The molecule has 1 N–H and O–H groups in total. The molecule has 2 aliphatic heterocycles. The monoisotopic (exact) mass is 161 g/mol. The van der Waals surface area contributed by atoms with Crippen LogP contribution in [0.1, 0.15) is 0 Å². The first-order valence-corrected chi connectivity index (χ1v) is 3.35. The smallest absolute Gasteiger partial charge is 0.224 e. The van der Waals surface area contributed by atoms with Crippen molar-refractivity contribution in [3.63, 3.8) is 0 Å². The number of hydrogen-bond acceptors (Lipinski definition) is 5. The van der Waals surface area contributed by atoms with Crippen molar-refractivity contribution in [2.75, 3.05) is 0 Å². The molecule has 0 saturated heterocycles. The summed E-state index contributed by atoms with van der Waals surface area (Å²) in [6.07, 6.45) is 3.19. The van der Waals surface area contributed by atoms with Crippen molar-refractivity contribution >= 4 is 11.1 Å². The Morgan fingerprint density at radius 2 is 2.33 bits per heavy atom. The predicted molar refractivity (Wildman–Crippen MR) is 38.4 cm³/mol. The standard InChI is InChI=1S/C6H3N5O/c1-3-5-4(2-8-9-5)12-11-6(3)10-7-1/h1-2H,(H,8,9). The molecular formula is C6H3N5O. The fraction of sp³-hybridized carbons (Fsp3) is 0. The number of H-pyrrole nitrogens is 1. The number of aromatic nitrogens is 5. The Bertz CT molecular complexity index is 498. The van der Waals surface area contributed by atoms with Gasteiger partial charge < -0.3 is 4.52 Å². The van der Waals surface area contributed by atoms with Gasteiger partial charge >= 0.3 is 0 Å². The van der Waals surface area contributed by atoms with Crippen LogP contribution in [-0.4, -0.2) is 25.6 Å². The van der Waals surface area contributed by atoms with E-state index < -0.39 is 0 Å².